The number of hydrogen-bond acceptors (Lipinski definition) is 5. The van der Waals surface area contributed by atoms with Crippen molar-refractivity contribution in [1.82, 2.24) is 0 Å². The van der Waals surface area contributed by atoms with Gasteiger partial charge in [-0.3, -0.25) is 0 Å². The maximum Gasteiger partial charge on any atom is 0.336 e. The normalized spacial score (nSPS) is 13.3. The lowest BCUT2D eigenvalue weighted by Crippen LogP contribution is -2.18. The maximum atomic E-state index is 11.4. The second-order valence-corrected chi connectivity index (χ2v) is 4.25. The van der Waals surface area contributed by atoms with Crippen LogP contribution in [0.25, 0.3) is 0 Å². The average Bonchev–Trinajstić information content (AvgIpc) is 2.35. The average molecular weight is 279 g/mol. The van der Waals surface area contributed by atoms with Crippen molar-refractivity contribution in [3.8, 4) is 6.07 Å². The predicted molar refractivity (Wildman–Crippen MR) is 66.3 cm³/mol. The van der Waals surface area contributed by atoms with E-state index in [0.29, 0.717) is 0 Å². The molecule has 1 rings (SSSR count). The Morgan fingerprint density at radius 2 is 1.60 bits per heavy atom. The molecule has 20 heavy (non-hydrogen) atoms. The van der Waals surface area contributed by atoms with Crippen molar-refractivity contribution in [2.45, 2.75) is 26.1 Å². The molecule has 7 nitrogen and oxygen atoms in total. The number of aliphatic hydroxyl groups excluding tert-OH is 2. The highest BCUT2D eigenvalue weighted by atomic mass is 16.4. The number of carbonyl (C=O) groups is 2. The van der Waals surface area contributed by atoms with Gasteiger partial charge in [0.05, 0.1) is 35.0 Å². The molecule has 0 spiro atoms. The van der Waals surface area contributed by atoms with Crippen LogP contribution in [0.3, 0.4) is 0 Å². The molecule has 1 aromatic carbocycles. The van der Waals surface area contributed by atoms with E-state index in [0.717, 1.165) is 6.07 Å². The summed E-state index contributed by atoms with van der Waals surface area (Å²) in [6, 6.07) is 2.62. The quantitative estimate of drug-likeness (QED) is 0.646. The largest absolute Gasteiger partial charge is 0.478 e. The maximum absolute atomic E-state index is 11.4. The molecular formula is C13H13NO6. The van der Waals surface area contributed by atoms with E-state index >= 15 is 0 Å². The van der Waals surface area contributed by atoms with Crippen LogP contribution in [0, 0.1) is 11.3 Å². The minimum Gasteiger partial charge on any atom is -0.478 e. The van der Waals surface area contributed by atoms with Gasteiger partial charge in [0.1, 0.15) is 0 Å². The van der Waals surface area contributed by atoms with Crippen molar-refractivity contribution >= 4 is 11.9 Å². The second-order valence-electron chi connectivity index (χ2n) is 4.25. The Labute approximate surface area is 114 Å². The Kier molecular flexibility index (Phi) is 4.45. The fraction of sp³-hybridized carbons (Fsp3) is 0.308. The fourth-order valence-electron chi connectivity index (χ4n) is 2.08. The monoisotopic (exact) mass is 279 g/mol. The van der Waals surface area contributed by atoms with E-state index in [-0.39, 0.29) is 16.7 Å². The summed E-state index contributed by atoms with van der Waals surface area (Å²) in [5.74, 6) is -2.98. The van der Waals surface area contributed by atoms with Gasteiger partial charge in [0, 0.05) is 11.1 Å². The summed E-state index contributed by atoms with van der Waals surface area (Å²) in [5.41, 5.74) is -1.81. The van der Waals surface area contributed by atoms with Crippen molar-refractivity contribution in [3.05, 3.63) is 33.9 Å². The molecule has 0 aromatic heterocycles. The van der Waals surface area contributed by atoms with Crippen molar-refractivity contribution < 1.29 is 30.0 Å². The number of rotatable bonds is 4. The first-order valence-electron chi connectivity index (χ1n) is 5.65. The molecule has 0 saturated heterocycles. The first-order chi connectivity index (χ1) is 9.22. The van der Waals surface area contributed by atoms with Gasteiger partial charge in [-0.2, -0.15) is 5.26 Å². The molecule has 0 amide bonds. The second kappa shape index (κ2) is 5.69. The summed E-state index contributed by atoms with van der Waals surface area (Å²) < 4.78 is 0. The summed E-state index contributed by atoms with van der Waals surface area (Å²) in [4.78, 5) is 22.5. The van der Waals surface area contributed by atoms with Gasteiger partial charge in [0.15, 0.2) is 0 Å². The molecule has 0 aliphatic rings. The number of nitriles is 1. The van der Waals surface area contributed by atoms with Gasteiger partial charge in [0.25, 0.3) is 0 Å². The summed E-state index contributed by atoms with van der Waals surface area (Å²) in [6.07, 6.45) is -2.67. The van der Waals surface area contributed by atoms with Crippen LogP contribution in [0.2, 0.25) is 0 Å². The van der Waals surface area contributed by atoms with Crippen LogP contribution in [0.4, 0.5) is 0 Å². The lowest BCUT2D eigenvalue weighted by atomic mass is 9.87. The molecule has 106 valence electrons. The third-order valence-electron chi connectivity index (χ3n) is 2.81. The molecule has 0 radical (unpaired) electrons. The van der Waals surface area contributed by atoms with Crippen molar-refractivity contribution in [1.29, 1.82) is 5.26 Å². The lowest BCUT2D eigenvalue weighted by Gasteiger charge is -2.19. The van der Waals surface area contributed by atoms with Gasteiger partial charge >= 0.3 is 11.9 Å². The van der Waals surface area contributed by atoms with Gasteiger partial charge in [-0.1, -0.05) is 0 Å². The first-order valence-corrected chi connectivity index (χ1v) is 5.65. The van der Waals surface area contributed by atoms with Crippen LogP contribution in [0.1, 0.15) is 63.5 Å². The zero-order valence-electron chi connectivity index (χ0n) is 10.8. The highest BCUT2D eigenvalue weighted by molar-refractivity contribution is 5.99. The highest BCUT2D eigenvalue weighted by Gasteiger charge is 2.29. The number of benzene rings is 1. The number of carboxylic acid groups (broad SMARTS) is 2. The van der Waals surface area contributed by atoms with Gasteiger partial charge in [-0.05, 0) is 19.9 Å². The van der Waals surface area contributed by atoms with Gasteiger partial charge < -0.3 is 20.4 Å². The lowest BCUT2D eigenvalue weighted by molar-refractivity contribution is 0.0678. The molecule has 2 unspecified atom stereocenters. The van der Waals surface area contributed by atoms with Crippen LogP contribution in [0.5, 0.6) is 0 Å². The van der Waals surface area contributed by atoms with Gasteiger partial charge in [-0.25, -0.2) is 9.59 Å². The Morgan fingerprint density at radius 1 is 1.10 bits per heavy atom. The smallest absolute Gasteiger partial charge is 0.336 e. The topological polar surface area (TPSA) is 139 Å². The van der Waals surface area contributed by atoms with Crippen molar-refractivity contribution in [3.63, 3.8) is 0 Å². The highest BCUT2D eigenvalue weighted by Crippen LogP contribution is 2.32. The van der Waals surface area contributed by atoms with Crippen molar-refractivity contribution in [2.75, 3.05) is 0 Å². The molecule has 0 saturated carbocycles. The fourth-order valence-corrected chi connectivity index (χ4v) is 2.08. The summed E-state index contributed by atoms with van der Waals surface area (Å²) in [5, 5.41) is 46.7. The van der Waals surface area contributed by atoms with Crippen LogP contribution < -0.4 is 0 Å². The van der Waals surface area contributed by atoms with Gasteiger partial charge in [0.2, 0.25) is 0 Å². The van der Waals surface area contributed by atoms with Gasteiger partial charge in [-0.15, -0.1) is 0 Å². The van der Waals surface area contributed by atoms with E-state index in [1.807, 2.05) is 0 Å². The molecule has 1 aromatic rings. The Hall–Kier alpha value is -2.43. The third-order valence-corrected chi connectivity index (χ3v) is 2.81. The van der Waals surface area contributed by atoms with E-state index in [1.165, 1.54) is 13.8 Å². The van der Waals surface area contributed by atoms with Crippen LogP contribution >= 0.6 is 0 Å². The van der Waals surface area contributed by atoms with E-state index in [2.05, 4.69) is 0 Å². The predicted octanol–water partition coefficient (Wildman–Crippen LogP) is 1.06. The van der Waals surface area contributed by atoms with Crippen LogP contribution in [0.15, 0.2) is 6.07 Å². The number of aromatic carboxylic acids is 2. The van der Waals surface area contributed by atoms with E-state index < -0.39 is 35.3 Å². The minimum atomic E-state index is -1.52. The van der Waals surface area contributed by atoms with Crippen LogP contribution in [-0.4, -0.2) is 32.4 Å². The Balaban J connectivity index is 3.98. The zero-order valence-corrected chi connectivity index (χ0v) is 10.8. The number of carboxylic acids is 2. The van der Waals surface area contributed by atoms with Crippen LogP contribution in [-0.2, 0) is 0 Å². The molecule has 0 fully saturated rings. The molecular weight excluding hydrogens is 266 g/mol. The molecule has 0 aliphatic heterocycles. The number of hydrogen-bond donors (Lipinski definition) is 4. The molecule has 2 atom stereocenters. The summed E-state index contributed by atoms with van der Waals surface area (Å²) in [7, 11) is 0. The number of aliphatic hydroxyl groups is 2. The van der Waals surface area contributed by atoms with Crippen molar-refractivity contribution in [2.24, 2.45) is 0 Å². The Bertz CT molecular complexity index is 612. The first kappa shape index (κ1) is 15.6. The SMILES string of the molecule is CC(O)c1c(C#N)cc(C(=O)O)c(C(C)O)c1C(=O)O. The minimum absolute atomic E-state index is 0.207. The van der Waals surface area contributed by atoms with E-state index in [1.54, 1.807) is 6.07 Å². The molecule has 4 N–H and O–H groups in total. The molecule has 0 heterocycles. The standard InChI is InChI=1S/C13H13NO6/c1-5(15)9-7(4-14)3-8(12(17)18)10(6(2)16)11(9)13(19)20/h3,5-6,15-16H,1-2H3,(H,17,18)(H,19,20). The van der Waals surface area contributed by atoms with E-state index in [4.69, 9.17) is 10.4 Å². The van der Waals surface area contributed by atoms with E-state index in [9.17, 15) is 24.9 Å². The zero-order chi connectivity index (χ0) is 15.6. The third kappa shape index (κ3) is 2.61. The Morgan fingerprint density at radius 3 is 1.90 bits per heavy atom. The number of nitrogens with zero attached hydrogens (tertiary/aromatic N) is 1. The summed E-state index contributed by atoms with van der Waals surface area (Å²) >= 11 is 0. The molecule has 0 aliphatic carbocycles. The molecule has 0 bridgehead atoms. The summed E-state index contributed by atoms with van der Waals surface area (Å²) in [6.45, 7) is 2.47. The molecule has 7 heteroatoms.